The number of aromatic nitrogens is 1. The standard InChI is InChI=1S/C29H30N2O4/c1-17(2)16-35-24-7-6-22(15-20(24)5)27(32)25-26(21-8-10-30-11-9-21)31(29(34)28(25)33)23-13-18(3)12-19(4)14-23/h6-15,17,26,32H,16H2,1-5H3/b27-25-. The number of hydrogen-bond donors (Lipinski definition) is 1. The largest absolute Gasteiger partial charge is 0.507 e. The van der Waals surface area contributed by atoms with E-state index in [-0.39, 0.29) is 11.3 Å². The van der Waals surface area contributed by atoms with E-state index in [1.165, 1.54) is 4.90 Å². The van der Waals surface area contributed by atoms with E-state index in [1.54, 1.807) is 42.7 Å². The Balaban J connectivity index is 1.85. The fraction of sp³-hybridized carbons (Fsp3) is 0.276. The van der Waals surface area contributed by atoms with Crippen LogP contribution in [0.15, 0.2) is 66.5 Å². The maximum atomic E-state index is 13.3. The normalized spacial score (nSPS) is 17.3. The van der Waals surface area contributed by atoms with Gasteiger partial charge in [-0.2, -0.15) is 0 Å². The number of amides is 1. The number of Topliss-reactive ketones (excluding diaryl/α,β-unsaturated/α-hetero) is 1. The molecule has 1 unspecified atom stereocenters. The predicted octanol–water partition coefficient (Wildman–Crippen LogP) is 5.67. The Morgan fingerprint density at radius 3 is 2.26 bits per heavy atom. The SMILES string of the molecule is Cc1cc(C)cc(N2C(=O)C(=O)/C(=C(\O)c3ccc(OCC(C)C)c(C)c3)C2c2ccncc2)c1. The van der Waals surface area contributed by atoms with Crippen molar-refractivity contribution < 1.29 is 19.4 Å². The van der Waals surface area contributed by atoms with Crippen molar-refractivity contribution >= 4 is 23.1 Å². The van der Waals surface area contributed by atoms with E-state index in [4.69, 9.17) is 4.74 Å². The molecule has 1 N–H and O–H groups in total. The monoisotopic (exact) mass is 470 g/mol. The highest BCUT2D eigenvalue weighted by atomic mass is 16.5. The third-order valence-electron chi connectivity index (χ3n) is 5.97. The van der Waals surface area contributed by atoms with E-state index in [9.17, 15) is 14.7 Å². The Labute approximate surface area is 205 Å². The molecule has 1 aromatic heterocycles. The second kappa shape index (κ2) is 9.74. The molecule has 1 atom stereocenters. The molecule has 1 fully saturated rings. The van der Waals surface area contributed by atoms with Crippen LogP contribution in [0, 0.1) is 26.7 Å². The highest BCUT2D eigenvalue weighted by Gasteiger charge is 2.47. The van der Waals surface area contributed by atoms with Gasteiger partial charge in [0.25, 0.3) is 11.7 Å². The van der Waals surface area contributed by atoms with Crippen molar-refractivity contribution in [2.24, 2.45) is 5.92 Å². The summed E-state index contributed by atoms with van der Waals surface area (Å²) in [5.74, 6) is -0.510. The Bertz CT molecular complexity index is 1290. The summed E-state index contributed by atoms with van der Waals surface area (Å²) < 4.78 is 5.85. The van der Waals surface area contributed by atoms with E-state index < -0.39 is 17.7 Å². The third-order valence-corrected chi connectivity index (χ3v) is 5.97. The molecule has 1 amide bonds. The number of aryl methyl sites for hydroxylation is 3. The number of aliphatic hydroxyl groups is 1. The van der Waals surface area contributed by atoms with E-state index in [1.807, 2.05) is 39.0 Å². The summed E-state index contributed by atoms with van der Waals surface area (Å²) in [6.07, 6.45) is 3.23. The molecule has 0 bridgehead atoms. The number of ether oxygens (including phenoxy) is 1. The van der Waals surface area contributed by atoms with Gasteiger partial charge in [-0.15, -0.1) is 0 Å². The molecular weight excluding hydrogens is 440 g/mol. The molecular formula is C29H30N2O4. The maximum absolute atomic E-state index is 13.3. The van der Waals surface area contributed by atoms with E-state index in [0.29, 0.717) is 29.3 Å². The van der Waals surface area contributed by atoms with Crippen molar-refractivity contribution in [1.29, 1.82) is 0 Å². The van der Waals surface area contributed by atoms with Crippen molar-refractivity contribution in [3.05, 3.63) is 94.3 Å². The fourth-order valence-electron chi connectivity index (χ4n) is 4.42. The Morgan fingerprint density at radius 1 is 1.00 bits per heavy atom. The summed E-state index contributed by atoms with van der Waals surface area (Å²) >= 11 is 0. The zero-order valence-electron chi connectivity index (χ0n) is 20.7. The van der Waals surface area contributed by atoms with Crippen molar-refractivity contribution in [3.63, 3.8) is 0 Å². The highest BCUT2D eigenvalue weighted by molar-refractivity contribution is 6.51. The van der Waals surface area contributed by atoms with Gasteiger partial charge in [-0.25, -0.2) is 0 Å². The average molecular weight is 471 g/mol. The molecule has 180 valence electrons. The lowest BCUT2D eigenvalue weighted by Crippen LogP contribution is -2.29. The van der Waals surface area contributed by atoms with Gasteiger partial charge in [0.1, 0.15) is 11.5 Å². The summed E-state index contributed by atoms with van der Waals surface area (Å²) in [4.78, 5) is 32.2. The minimum Gasteiger partial charge on any atom is -0.507 e. The van der Waals surface area contributed by atoms with Gasteiger partial charge in [-0.1, -0.05) is 19.9 Å². The number of hydrogen-bond acceptors (Lipinski definition) is 5. The van der Waals surface area contributed by atoms with E-state index in [0.717, 1.165) is 22.4 Å². The first-order valence-electron chi connectivity index (χ1n) is 11.7. The van der Waals surface area contributed by atoms with Crippen LogP contribution in [0.3, 0.4) is 0 Å². The molecule has 35 heavy (non-hydrogen) atoms. The molecule has 2 aromatic carbocycles. The molecule has 6 heteroatoms. The summed E-state index contributed by atoms with van der Waals surface area (Å²) in [6, 6.07) is 13.8. The molecule has 1 aliphatic rings. The Morgan fingerprint density at radius 2 is 1.66 bits per heavy atom. The van der Waals surface area contributed by atoms with Crippen LogP contribution in [0.25, 0.3) is 5.76 Å². The first-order chi connectivity index (χ1) is 16.7. The molecule has 2 heterocycles. The van der Waals surface area contributed by atoms with Gasteiger partial charge in [0.2, 0.25) is 0 Å². The first-order valence-corrected chi connectivity index (χ1v) is 11.7. The number of anilines is 1. The van der Waals surface area contributed by atoms with E-state index >= 15 is 0 Å². The molecule has 3 aromatic rings. The Kier molecular flexibility index (Phi) is 6.74. The number of nitrogens with zero attached hydrogens (tertiary/aromatic N) is 2. The zero-order valence-corrected chi connectivity index (χ0v) is 20.7. The zero-order chi connectivity index (χ0) is 25.3. The van der Waals surface area contributed by atoms with Crippen molar-refractivity contribution in [2.45, 2.75) is 40.7 Å². The summed E-state index contributed by atoms with van der Waals surface area (Å²) in [7, 11) is 0. The second-order valence-corrected chi connectivity index (χ2v) is 9.48. The maximum Gasteiger partial charge on any atom is 0.300 e. The number of benzene rings is 2. The number of ketones is 1. The van der Waals surface area contributed by atoms with Gasteiger partial charge in [-0.3, -0.25) is 19.5 Å². The van der Waals surface area contributed by atoms with Gasteiger partial charge >= 0.3 is 0 Å². The lowest BCUT2D eigenvalue weighted by molar-refractivity contribution is -0.132. The van der Waals surface area contributed by atoms with Gasteiger partial charge in [0, 0.05) is 23.6 Å². The predicted molar refractivity (Wildman–Crippen MR) is 136 cm³/mol. The van der Waals surface area contributed by atoms with Crippen LogP contribution in [-0.4, -0.2) is 28.4 Å². The van der Waals surface area contributed by atoms with Crippen LogP contribution in [0.2, 0.25) is 0 Å². The van der Waals surface area contributed by atoms with Gasteiger partial charge in [-0.05, 0) is 91.4 Å². The average Bonchev–Trinajstić information content (AvgIpc) is 3.08. The molecule has 0 radical (unpaired) electrons. The van der Waals surface area contributed by atoms with Crippen LogP contribution in [0.1, 0.15) is 47.7 Å². The smallest absolute Gasteiger partial charge is 0.300 e. The third kappa shape index (κ3) is 4.83. The van der Waals surface area contributed by atoms with Gasteiger partial charge in [0.05, 0.1) is 18.2 Å². The topological polar surface area (TPSA) is 79.7 Å². The highest BCUT2D eigenvalue weighted by Crippen LogP contribution is 2.42. The Hall–Kier alpha value is -3.93. The first kappa shape index (κ1) is 24.2. The number of rotatable bonds is 6. The van der Waals surface area contributed by atoms with Crippen molar-refractivity contribution in [1.82, 2.24) is 4.98 Å². The summed E-state index contributed by atoms with van der Waals surface area (Å²) in [5.41, 5.74) is 4.59. The molecule has 0 aliphatic carbocycles. The molecule has 0 saturated carbocycles. The van der Waals surface area contributed by atoms with Crippen molar-refractivity contribution in [2.75, 3.05) is 11.5 Å². The van der Waals surface area contributed by atoms with E-state index in [2.05, 4.69) is 18.8 Å². The number of pyridine rings is 1. The molecule has 1 aliphatic heterocycles. The minimum absolute atomic E-state index is 0.0515. The number of carbonyl (C=O) groups is 2. The lowest BCUT2D eigenvalue weighted by Gasteiger charge is -2.26. The summed E-state index contributed by atoms with van der Waals surface area (Å²) in [5, 5.41) is 11.4. The number of carbonyl (C=O) groups excluding carboxylic acids is 2. The second-order valence-electron chi connectivity index (χ2n) is 9.48. The van der Waals surface area contributed by atoms with Crippen LogP contribution < -0.4 is 9.64 Å². The van der Waals surface area contributed by atoms with Crippen LogP contribution in [-0.2, 0) is 9.59 Å². The minimum atomic E-state index is -0.781. The van der Waals surface area contributed by atoms with Gasteiger partial charge < -0.3 is 9.84 Å². The van der Waals surface area contributed by atoms with Crippen LogP contribution >= 0.6 is 0 Å². The molecule has 0 spiro atoms. The lowest BCUT2D eigenvalue weighted by atomic mass is 9.95. The molecule has 6 nitrogen and oxygen atoms in total. The molecule has 1 saturated heterocycles. The summed E-state index contributed by atoms with van der Waals surface area (Å²) in [6.45, 7) is 10.5. The van der Waals surface area contributed by atoms with Gasteiger partial charge in [0.15, 0.2) is 0 Å². The fourth-order valence-corrected chi connectivity index (χ4v) is 4.42. The molecule has 4 rings (SSSR count). The van der Waals surface area contributed by atoms with Crippen LogP contribution in [0.5, 0.6) is 5.75 Å². The van der Waals surface area contributed by atoms with Crippen molar-refractivity contribution in [3.8, 4) is 5.75 Å². The number of aliphatic hydroxyl groups excluding tert-OH is 1. The van der Waals surface area contributed by atoms with Crippen LogP contribution in [0.4, 0.5) is 5.69 Å². The quantitative estimate of drug-likeness (QED) is 0.285.